The van der Waals surface area contributed by atoms with Crippen LogP contribution in [0.1, 0.15) is 11.4 Å². The fraction of sp³-hybridized carbons (Fsp3) is 0.385. The van der Waals surface area contributed by atoms with Gasteiger partial charge in [0.25, 0.3) is 0 Å². The SMILES string of the molecule is Cc1nc2cc(CCNC(=O)CO)ccc2n1C. The number of hydrogen-bond acceptors (Lipinski definition) is 3. The monoisotopic (exact) mass is 247 g/mol. The Kier molecular flexibility index (Phi) is 3.62. The number of aromatic nitrogens is 2. The zero-order valence-electron chi connectivity index (χ0n) is 10.6. The predicted octanol–water partition coefficient (Wildman–Crippen LogP) is 0.533. The zero-order chi connectivity index (χ0) is 13.1. The first-order chi connectivity index (χ1) is 8.61. The molecule has 0 bridgehead atoms. The summed E-state index contributed by atoms with van der Waals surface area (Å²) >= 11 is 0. The summed E-state index contributed by atoms with van der Waals surface area (Å²) in [5.41, 5.74) is 3.20. The lowest BCUT2D eigenvalue weighted by Gasteiger charge is -2.04. The summed E-state index contributed by atoms with van der Waals surface area (Å²) in [5, 5.41) is 11.2. The molecule has 2 rings (SSSR count). The van der Waals surface area contributed by atoms with E-state index in [0.29, 0.717) is 6.54 Å². The summed E-state index contributed by atoms with van der Waals surface area (Å²) in [5.74, 6) is 0.639. The molecular weight excluding hydrogens is 230 g/mol. The van der Waals surface area contributed by atoms with E-state index < -0.39 is 6.61 Å². The van der Waals surface area contributed by atoms with Crippen molar-refractivity contribution < 1.29 is 9.90 Å². The highest BCUT2D eigenvalue weighted by atomic mass is 16.3. The molecule has 1 aromatic carbocycles. The second kappa shape index (κ2) is 5.18. The summed E-state index contributed by atoms with van der Waals surface area (Å²) in [6.07, 6.45) is 0.733. The van der Waals surface area contributed by atoms with Gasteiger partial charge in [0.05, 0.1) is 11.0 Å². The molecule has 1 heterocycles. The van der Waals surface area contributed by atoms with Crippen LogP contribution in [0.2, 0.25) is 0 Å². The van der Waals surface area contributed by atoms with Gasteiger partial charge in [-0.25, -0.2) is 4.98 Å². The van der Waals surface area contributed by atoms with Crippen LogP contribution in [0.15, 0.2) is 18.2 Å². The van der Waals surface area contributed by atoms with E-state index in [0.717, 1.165) is 28.8 Å². The molecule has 18 heavy (non-hydrogen) atoms. The van der Waals surface area contributed by atoms with Gasteiger partial charge >= 0.3 is 0 Å². The Hall–Kier alpha value is -1.88. The molecule has 0 atom stereocenters. The van der Waals surface area contributed by atoms with Crippen LogP contribution in [0.4, 0.5) is 0 Å². The minimum atomic E-state index is -0.460. The molecule has 2 N–H and O–H groups in total. The fourth-order valence-corrected chi connectivity index (χ4v) is 1.92. The number of aryl methyl sites for hydroxylation is 2. The molecule has 0 saturated heterocycles. The van der Waals surface area contributed by atoms with Crippen molar-refractivity contribution in [1.29, 1.82) is 0 Å². The van der Waals surface area contributed by atoms with Gasteiger partial charge in [0.1, 0.15) is 12.4 Å². The molecule has 1 aromatic heterocycles. The van der Waals surface area contributed by atoms with Gasteiger partial charge in [-0.05, 0) is 31.0 Å². The molecule has 0 fully saturated rings. The summed E-state index contributed by atoms with van der Waals surface area (Å²) in [4.78, 5) is 15.4. The topological polar surface area (TPSA) is 67.2 Å². The van der Waals surface area contributed by atoms with Crippen molar-refractivity contribution in [2.45, 2.75) is 13.3 Å². The molecule has 0 unspecified atom stereocenters. The first-order valence-electron chi connectivity index (χ1n) is 5.91. The van der Waals surface area contributed by atoms with Gasteiger partial charge in [0.2, 0.25) is 5.91 Å². The summed E-state index contributed by atoms with van der Waals surface area (Å²) in [7, 11) is 1.99. The third kappa shape index (κ3) is 2.51. The van der Waals surface area contributed by atoms with Crippen molar-refractivity contribution in [2.24, 2.45) is 7.05 Å². The van der Waals surface area contributed by atoms with E-state index in [1.54, 1.807) is 0 Å². The van der Waals surface area contributed by atoms with E-state index in [1.807, 2.05) is 36.7 Å². The van der Waals surface area contributed by atoms with Gasteiger partial charge < -0.3 is 15.0 Å². The van der Waals surface area contributed by atoms with Crippen LogP contribution in [0.25, 0.3) is 11.0 Å². The van der Waals surface area contributed by atoms with Crippen molar-refractivity contribution in [1.82, 2.24) is 14.9 Å². The molecule has 5 heteroatoms. The van der Waals surface area contributed by atoms with Gasteiger partial charge in [-0.15, -0.1) is 0 Å². The van der Waals surface area contributed by atoms with E-state index in [1.165, 1.54) is 0 Å². The van der Waals surface area contributed by atoms with E-state index >= 15 is 0 Å². The standard InChI is InChI=1S/C13H17N3O2/c1-9-15-11-7-10(3-4-12(11)16(9)2)5-6-14-13(18)8-17/h3-4,7,17H,5-6,8H2,1-2H3,(H,14,18). The Bertz CT molecular complexity index is 575. The number of carbonyl (C=O) groups excluding carboxylic acids is 1. The number of aliphatic hydroxyl groups is 1. The quantitative estimate of drug-likeness (QED) is 0.828. The van der Waals surface area contributed by atoms with Gasteiger partial charge in [-0.3, -0.25) is 4.79 Å². The Morgan fingerprint density at radius 1 is 1.50 bits per heavy atom. The van der Waals surface area contributed by atoms with Gasteiger partial charge in [0, 0.05) is 13.6 Å². The van der Waals surface area contributed by atoms with Crippen LogP contribution >= 0.6 is 0 Å². The maximum absolute atomic E-state index is 10.9. The molecule has 1 amide bonds. The lowest BCUT2D eigenvalue weighted by atomic mass is 10.1. The Balaban J connectivity index is 2.08. The van der Waals surface area contributed by atoms with Crippen molar-refractivity contribution in [3.63, 3.8) is 0 Å². The smallest absolute Gasteiger partial charge is 0.245 e. The maximum Gasteiger partial charge on any atom is 0.245 e. The highest BCUT2D eigenvalue weighted by Crippen LogP contribution is 2.16. The van der Waals surface area contributed by atoms with Gasteiger partial charge in [-0.2, -0.15) is 0 Å². The normalized spacial score (nSPS) is 10.8. The molecule has 0 saturated carbocycles. The van der Waals surface area contributed by atoms with Crippen LogP contribution < -0.4 is 5.32 Å². The number of rotatable bonds is 4. The molecule has 5 nitrogen and oxygen atoms in total. The third-order valence-electron chi connectivity index (χ3n) is 3.05. The molecular formula is C13H17N3O2. The minimum Gasteiger partial charge on any atom is -0.387 e. The molecule has 0 radical (unpaired) electrons. The second-order valence-corrected chi connectivity index (χ2v) is 4.30. The van der Waals surface area contributed by atoms with Gasteiger partial charge in [-0.1, -0.05) is 6.07 Å². The maximum atomic E-state index is 10.9. The highest BCUT2D eigenvalue weighted by molar-refractivity contribution is 5.77. The minimum absolute atomic E-state index is 0.343. The van der Waals surface area contributed by atoms with Crippen LogP contribution in [0.3, 0.4) is 0 Å². The highest BCUT2D eigenvalue weighted by Gasteiger charge is 2.05. The number of imidazole rings is 1. The lowest BCUT2D eigenvalue weighted by Crippen LogP contribution is -2.28. The zero-order valence-corrected chi connectivity index (χ0v) is 10.6. The number of amides is 1. The predicted molar refractivity (Wildman–Crippen MR) is 69.3 cm³/mol. The number of carbonyl (C=O) groups is 1. The molecule has 0 aliphatic heterocycles. The van der Waals surface area contributed by atoms with Crippen molar-refractivity contribution >= 4 is 16.9 Å². The second-order valence-electron chi connectivity index (χ2n) is 4.30. The van der Waals surface area contributed by atoms with Crippen LogP contribution in [-0.2, 0) is 18.3 Å². The van der Waals surface area contributed by atoms with Crippen molar-refractivity contribution in [3.8, 4) is 0 Å². The molecule has 0 aliphatic carbocycles. The Morgan fingerprint density at radius 2 is 2.28 bits per heavy atom. The number of aliphatic hydroxyl groups excluding tert-OH is 1. The van der Waals surface area contributed by atoms with Crippen LogP contribution in [-0.4, -0.2) is 33.7 Å². The molecule has 0 spiro atoms. The fourth-order valence-electron chi connectivity index (χ4n) is 1.92. The van der Waals surface area contributed by atoms with E-state index in [2.05, 4.69) is 10.3 Å². The number of nitrogens with one attached hydrogen (secondary N) is 1. The number of nitrogens with zero attached hydrogens (tertiary/aromatic N) is 2. The van der Waals surface area contributed by atoms with Crippen LogP contribution in [0.5, 0.6) is 0 Å². The number of hydrogen-bond donors (Lipinski definition) is 2. The van der Waals surface area contributed by atoms with Gasteiger partial charge in [0.15, 0.2) is 0 Å². The Morgan fingerprint density at radius 3 is 3.00 bits per heavy atom. The molecule has 96 valence electrons. The average Bonchev–Trinajstić information content (AvgIpc) is 2.64. The Labute approximate surface area is 105 Å². The number of benzene rings is 1. The summed E-state index contributed by atoms with van der Waals surface area (Å²) in [6, 6.07) is 6.11. The van der Waals surface area contributed by atoms with Crippen molar-refractivity contribution in [3.05, 3.63) is 29.6 Å². The summed E-state index contributed by atoms with van der Waals surface area (Å²) in [6.45, 7) is 2.04. The van der Waals surface area contributed by atoms with E-state index in [9.17, 15) is 4.79 Å². The number of fused-ring (bicyclic) bond motifs is 1. The van der Waals surface area contributed by atoms with E-state index in [-0.39, 0.29) is 5.91 Å². The van der Waals surface area contributed by atoms with E-state index in [4.69, 9.17) is 5.11 Å². The lowest BCUT2D eigenvalue weighted by molar-refractivity contribution is -0.123. The van der Waals surface area contributed by atoms with Crippen LogP contribution in [0, 0.1) is 6.92 Å². The summed E-state index contributed by atoms with van der Waals surface area (Å²) < 4.78 is 2.05. The average molecular weight is 247 g/mol. The first kappa shape index (κ1) is 12.6. The largest absolute Gasteiger partial charge is 0.387 e. The van der Waals surface area contributed by atoms with Crippen molar-refractivity contribution in [2.75, 3.05) is 13.2 Å². The molecule has 0 aliphatic rings. The first-order valence-corrected chi connectivity index (χ1v) is 5.91. The third-order valence-corrected chi connectivity index (χ3v) is 3.05. The molecule has 2 aromatic rings.